The number of carbonyl (C=O) groups excluding carboxylic acids is 3. The number of amides is 3. The summed E-state index contributed by atoms with van der Waals surface area (Å²) < 4.78 is 196. The lowest BCUT2D eigenvalue weighted by atomic mass is 9.91. The van der Waals surface area contributed by atoms with Crippen molar-refractivity contribution in [1.29, 1.82) is 0 Å². The number of allylic oxidation sites excluding steroid dienone is 2. The predicted molar refractivity (Wildman–Crippen MR) is 332 cm³/mol. The van der Waals surface area contributed by atoms with E-state index < -0.39 is 77.5 Å². The van der Waals surface area contributed by atoms with Crippen LogP contribution >= 0.6 is 92.0 Å². The Morgan fingerprint density at radius 1 is 0.551 bits per heavy atom. The number of fused-ring (bicyclic) bond motifs is 3. The van der Waals surface area contributed by atoms with E-state index in [1.807, 2.05) is 25.1 Å². The van der Waals surface area contributed by atoms with Crippen molar-refractivity contribution in [3.05, 3.63) is 190 Å². The average Bonchev–Trinajstić information content (AvgIpc) is 0.892. The fraction of sp³-hybridized carbons (Fsp3) is 0.281. The van der Waals surface area contributed by atoms with E-state index in [4.69, 9.17) is 9.66 Å². The Kier molecular flexibility index (Phi) is 29.7. The van der Waals surface area contributed by atoms with Gasteiger partial charge in [-0.3, -0.25) is 20.5 Å². The van der Waals surface area contributed by atoms with Gasteiger partial charge in [0.15, 0.2) is 6.10 Å². The van der Waals surface area contributed by atoms with E-state index >= 15 is 0 Å². The van der Waals surface area contributed by atoms with Crippen LogP contribution in [0.5, 0.6) is 0 Å². The van der Waals surface area contributed by atoms with Crippen LogP contribution < -0.4 is 16.0 Å². The third kappa shape index (κ3) is 23.4. The summed E-state index contributed by atoms with van der Waals surface area (Å²) in [4.78, 5) is 33.2. The van der Waals surface area contributed by atoms with Gasteiger partial charge in [-0.05, 0) is 155 Å². The van der Waals surface area contributed by atoms with Crippen LogP contribution in [-0.2, 0) is 24.3 Å². The summed E-state index contributed by atoms with van der Waals surface area (Å²) in [5.41, 5.74) is 4.41. The van der Waals surface area contributed by atoms with E-state index in [1.54, 1.807) is 24.3 Å². The first-order chi connectivity index (χ1) is 40.9. The Morgan fingerprint density at radius 3 is 1.45 bits per heavy atom. The largest absolute Gasteiger partial charge is 0.431 e. The third-order valence-corrected chi connectivity index (χ3v) is 15.6. The van der Waals surface area contributed by atoms with Gasteiger partial charge in [0.05, 0.1) is 22.0 Å². The van der Waals surface area contributed by atoms with Crippen molar-refractivity contribution in [2.75, 3.05) is 16.0 Å². The first-order valence-electron chi connectivity index (χ1n) is 24.8. The highest BCUT2D eigenvalue weighted by molar-refractivity contribution is 9.93. The number of carbonyl (C=O) groups is 3. The highest BCUT2D eigenvalue weighted by Gasteiger charge is 2.50. The lowest BCUT2D eigenvalue weighted by molar-refractivity contribution is -0.207. The number of ether oxygens (including phenoxy) is 3. The van der Waals surface area contributed by atoms with E-state index in [9.17, 15) is 75.5 Å². The smallest absolute Gasteiger partial charge is 0.430 e. The number of hydrogen-bond acceptors (Lipinski definition) is 9. The Morgan fingerprint density at radius 2 is 1.00 bits per heavy atom. The minimum atomic E-state index is -4.65. The van der Waals surface area contributed by atoms with Gasteiger partial charge in [-0.1, -0.05) is 124 Å². The lowest BCUT2D eigenvalue weighted by Crippen LogP contribution is -2.33. The minimum Gasteiger partial charge on any atom is -0.431 e. The van der Waals surface area contributed by atoms with Crippen LogP contribution in [0.2, 0.25) is 0 Å². The fourth-order valence-corrected chi connectivity index (χ4v) is 10.7. The third-order valence-electron chi connectivity index (χ3n) is 12.1. The van der Waals surface area contributed by atoms with Gasteiger partial charge in [-0.15, -0.1) is 0 Å². The van der Waals surface area contributed by atoms with Crippen molar-refractivity contribution in [3.63, 3.8) is 0 Å². The molecule has 89 heavy (non-hydrogen) atoms. The summed E-state index contributed by atoms with van der Waals surface area (Å²) in [5.74, 6) is 0. The zero-order valence-corrected chi connectivity index (χ0v) is 55.5. The first-order valence-corrected chi connectivity index (χ1v) is 33.1. The van der Waals surface area contributed by atoms with Crippen LogP contribution in [0.4, 0.5) is 84.1 Å². The zero-order valence-electron chi connectivity index (χ0n) is 45.1. The average molecular weight is 1680 g/mol. The molecule has 0 radical (unpaired) electrons. The quantitative estimate of drug-likeness (QED) is 0.0648. The van der Waals surface area contributed by atoms with Crippen molar-refractivity contribution in [2.45, 2.75) is 108 Å². The van der Waals surface area contributed by atoms with Gasteiger partial charge in [0.2, 0.25) is 18.3 Å². The van der Waals surface area contributed by atoms with Crippen LogP contribution in [0, 0.1) is 20.8 Å². The van der Waals surface area contributed by atoms with Crippen molar-refractivity contribution in [1.82, 2.24) is 0 Å². The summed E-state index contributed by atoms with van der Waals surface area (Å²) in [5, 5.41) is 15.7. The molecule has 6 aromatic carbocycles. The molecule has 32 heteroatoms. The summed E-state index contributed by atoms with van der Waals surface area (Å²) in [7, 11) is -4.02. The molecule has 3 amide bonds. The summed E-state index contributed by atoms with van der Waals surface area (Å²) in [6, 6.07) is 31.7. The van der Waals surface area contributed by atoms with Crippen LogP contribution in [0.25, 0.3) is 5.57 Å². The number of anilines is 3. The fourth-order valence-electron chi connectivity index (χ4n) is 8.00. The first kappa shape index (κ1) is 78.0. The molecule has 1 aliphatic carbocycles. The number of halogens is 18. The molecule has 5 N–H and O–H groups in total. The van der Waals surface area contributed by atoms with E-state index in [1.165, 1.54) is 89.8 Å². The monoisotopic (exact) mass is 1670 g/mol. The summed E-state index contributed by atoms with van der Waals surface area (Å²) >= 11 is 18.3. The van der Waals surface area contributed by atoms with Gasteiger partial charge in [0.1, 0.15) is 0 Å². The van der Waals surface area contributed by atoms with Gasteiger partial charge in [0.25, 0.3) is 10.1 Å². The molecule has 6 aromatic rings. The van der Waals surface area contributed by atoms with E-state index in [0.29, 0.717) is 19.0 Å². The topological polar surface area (TPSA) is 190 Å². The normalized spacial score (nSPS) is 16.8. The molecule has 0 bridgehead atoms. The van der Waals surface area contributed by atoms with Gasteiger partial charge in [-0.25, -0.2) is 14.4 Å². The molecule has 4 unspecified atom stereocenters. The maximum absolute atomic E-state index is 13.2. The van der Waals surface area contributed by atoms with Crippen molar-refractivity contribution >= 4 is 143 Å². The second-order valence-electron chi connectivity index (χ2n) is 18.5. The molecule has 4 atom stereocenters. The molecule has 10 rings (SSSR count). The predicted octanol–water partition coefficient (Wildman–Crippen LogP) is 21.7. The van der Waals surface area contributed by atoms with Crippen LogP contribution in [-0.4, -0.2) is 61.1 Å². The number of rotatable bonds is 3. The molecular formula is C57H51Br6F12N3O10S. The number of cyclic esters (lactones) is 3. The molecule has 486 valence electrons. The molecular weight excluding hydrogens is 1630 g/mol. The minimum absolute atomic E-state index is 0. The number of hydrogen-bond donors (Lipinski definition) is 5. The van der Waals surface area contributed by atoms with E-state index in [0.717, 1.165) is 42.4 Å². The standard InChI is InChI=1S/C15H13BrF3NO2.C9H4Br2F3NO2.C9H6F3NO2.C9H9F3O.C7H7Br.C7H8O3S.CH4.Br2/c16-11-7-9(8-4-2-1-3-5-8)6-10-12(11)20-14(21)22-13(10)15(17,18)19;10-3-1-4-6(5(11)2-3)15-8(16)17-7(4)9(12,13)14;10-9(11,12)7-5-3-1-2-4-6(5)13-8(14)15-7;1-6-4-2-3-5-7(6)8(13)9(10,11)12;1-6-4-2-3-5-7(6)8;1-6-2-4-7(5-3-6)11(8,9)10;;1-2/h4,6-7,13H,1-3,5H2,(H,20,21);1-2,7H,(H,15,16);1-4,7H,(H,13,14);2-5,8,13H,1H3;2-5H,1H3;2-5H,1H3,(H,8,9,10);1H4;. The maximum atomic E-state index is 13.2. The molecule has 3 heterocycles. The number of benzene rings is 6. The van der Waals surface area contributed by atoms with Crippen molar-refractivity contribution < 1.29 is 99.4 Å². The molecule has 0 spiro atoms. The SMILES string of the molecule is BrBr.C.Cc1ccc(S(=O)(=O)O)cc1.Cc1ccccc1Br.Cc1ccccc1C(O)C(F)(F)F.O=C1Nc2c(Br)cc(Br)cc2C(C(F)(F)F)O1.O=C1Nc2c(Br)cc(C3=CCCCC3)cc2C(C(F)(F)F)O1.O=C1Nc2ccccc2C(C(F)(F)F)O1. The number of aliphatic hydroxyl groups excluding tert-OH is 1. The second-order valence-corrected chi connectivity index (χ2v) is 23.4. The van der Waals surface area contributed by atoms with Crippen LogP contribution in [0.1, 0.15) is 102 Å². The Labute approximate surface area is 551 Å². The van der Waals surface area contributed by atoms with Crippen LogP contribution in [0.3, 0.4) is 0 Å². The molecule has 4 aliphatic rings. The number of aliphatic hydroxyl groups is 1. The molecule has 0 saturated heterocycles. The molecule has 0 saturated carbocycles. The molecule has 3 aliphatic heterocycles. The number of alkyl halides is 12. The zero-order chi connectivity index (χ0) is 66.3. The molecule has 0 fully saturated rings. The van der Waals surface area contributed by atoms with Gasteiger partial charge < -0.3 is 19.3 Å². The lowest BCUT2D eigenvalue weighted by Gasteiger charge is -2.29. The molecule has 13 nitrogen and oxygen atoms in total. The van der Waals surface area contributed by atoms with E-state index in [2.05, 4.69) is 141 Å². The summed E-state index contributed by atoms with van der Waals surface area (Å²) in [6.07, 6.45) is -24.9. The number of para-hydroxylation sites is 1. The second kappa shape index (κ2) is 33.9. The summed E-state index contributed by atoms with van der Waals surface area (Å²) in [6.45, 7) is 5.45. The highest BCUT2D eigenvalue weighted by Crippen LogP contribution is 2.48. The number of nitrogens with one attached hydrogen (secondary N) is 3. The van der Waals surface area contributed by atoms with Crippen molar-refractivity contribution in [2.24, 2.45) is 0 Å². The van der Waals surface area contributed by atoms with Gasteiger partial charge >= 0.3 is 43.0 Å². The Hall–Kier alpha value is -5.22. The van der Waals surface area contributed by atoms with Gasteiger partial charge in [-0.2, -0.15) is 61.1 Å². The van der Waals surface area contributed by atoms with Crippen molar-refractivity contribution in [3.8, 4) is 0 Å². The molecule has 0 aromatic heterocycles. The highest BCUT2D eigenvalue weighted by atomic mass is 80.9. The maximum Gasteiger partial charge on any atom is 0.430 e. The Bertz CT molecular complexity index is 3520. The number of aryl methyl sites for hydroxylation is 3. The van der Waals surface area contributed by atoms with Crippen LogP contribution in [0.15, 0.2) is 150 Å². The van der Waals surface area contributed by atoms with Gasteiger partial charge in [0, 0.05) is 62.8 Å². The van der Waals surface area contributed by atoms with E-state index in [-0.39, 0.29) is 51.6 Å². The Balaban J connectivity index is 0.000000284.